The Hall–Kier alpha value is -3.15. The fourth-order valence-electron chi connectivity index (χ4n) is 3.08. The molecule has 1 N–H and O–H groups in total. The molecule has 0 spiro atoms. The van der Waals surface area contributed by atoms with E-state index in [1.54, 1.807) is 47.0 Å². The Kier molecular flexibility index (Phi) is 5.34. The second-order valence-corrected chi connectivity index (χ2v) is 7.23. The summed E-state index contributed by atoms with van der Waals surface area (Å²) < 4.78 is 1.67. The lowest BCUT2D eigenvalue weighted by molar-refractivity contribution is 0.0995. The van der Waals surface area contributed by atoms with Crippen molar-refractivity contribution in [3.05, 3.63) is 94.0 Å². The van der Waals surface area contributed by atoms with E-state index in [1.165, 1.54) is 0 Å². The number of nitrogens with zero attached hydrogens (tertiary/aromatic N) is 3. The van der Waals surface area contributed by atoms with E-state index in [4.69, 9.17) is 23.2 Å². The van der Waals surface area contributed by atoms with Crippen LogP contribution in [0.15, 0.2) is 83.0 Å². The number of halogens is 2. The van der Waals surface area contributed by atoms with Gasteiger partial charge in [-0.15, -0.1) is 10.2 Å². The average Bonchev–Trinajstić information content (AvgIpc) is 3.00. The summed E-state index contributed by atoms with van der Waals surface area (Å²) >= 11 is 12.3. The molecule has 0 saturated heterocycles. The van der Waals surface area contributed by atoms with Crippen LogP contribution in [0.2, 0.25) is 10.0 Å². The SMILES string of the molecule is O=C(N=Nc1c(O)n(Cc2ccc(Cl)cc2Cl)c2ccccc12)c1ccccc1. The average molecular weight is 424 g/mol. The number of aromatic hydroxyl groups is 1. The first kappa shape index (κ1) is 19.2. The first-order valence-corrected chi connectivity index (χ1v) is 9.55. The highest BCUT2D eigenvalue weighted by Crippen LogP contribution is 2.39. The highest BCUT2D eigenvalue weighted by Gasteiger charge is 2.18. The fourth-order valence-corrected chi connectivity index (χ4v) is 3.55. The molecule has 144 valence electrons. The molecule has 0 atom stereocenters. The van der Waals surface area contributed by atoms with Crippen LogP contribution >= 0.6 is 23.2 Å². The molecule has 1 aromatic heterocycles. The smallest absolute Gasteiger partial charge is 0.295 e. The van der Waals surface area contributed by atoms with Crippen LogP contribution in [0.1, 0.15) is 15.9 Å². The van der Waals surface area contributed by atoms with Gasteiger partial charge in [0.25, 0.3) is 5.91 Å². The summed E-state index contributed by atoms with van der Waals surface area (Å²) in [6.45, 7) is 0.310. The van der Waals surface area contributed by atoms with Gasteiger partial charge >= 0.3 is 0 Å². The molecule has 3 aromatic carbocycles. The van der Waals surface area contributed by atoms with Crippen molar-refractivity contribution >= 4 is 45.7 Å². The Balaban J connectivity index is 1.75. The van der Waals surface area contributed by atoms with Gasteiger partial charge in [0, 0.05) is 21.0 Å². The fraction of sp³-hybridized carbons (Fsp3) is 0.0455. The van der Waals surface area contributed by atoms with Gasteiger partial charge in [-0.05, 0) is 35.9 Å². The first-order chi connectivity index (χ1) is 14.0. The molecular weight excluding hydrogens is 409 g/mol. The molecule has 0 aliphatic heterocycles. The molecule has 0 aliphatic rings. The summed E-state index contributed by atoms with van der Waals surface area (Å²) in [6, 6.07) is 21.2. The lowest BCUT2D eigenvalue weighted by atomic mass is 10.2. The first-order valence-electron chi connectivity index (χ1n) is 8.80. The standard InChI is InChI=1S/C22H15Cl2N3O2/c23-16-11-10-15(18(24)12-16)13-27-19-9-5-4-8-17(19)20(22(27)29)25-26-21(28)14-6-2-1-3-7-14/h1-12,29H,13H2. The molecule has 0 radical (unpaired) electrons. The summed E-state index contributed by atoms with van der Waals surface area (Å²) in [4.78, 5) is 12.3. The molecule has 0 bridgehead atoms. The highest BCUT2D eigenvalue weighted by atomic mass is 35.5. The molecule has 0 aliphatic carbocycles. The number of para-hydroxylation sites is 1. The van der Waals surface area contributed by atoms with Crippen molar-refractivity contribution in [3.8, 4) is 5.88 Å². The van der Waals surface area contributed by atoms with Crippen molar-refractivity contribution < 1.29 is 9.90 Å². The zero-order valence-corrected chi connectivity index (χ0v) is 16.6. The molecule has 0 unspecified atom stereocenters. The minimum Gasteiger partial charge on any atom is -0.493 e. The maximum atomic E-state index is 12.3. The molecule has 7 heteroatoms. The highest BCUT2D eigenvalue weighted by molar-refractivity contribution is 6.35. The number of azo groups is 1. The molecule has 29 heavy (non-hydrogen) atoms. The lowest BCUT2D eigenvalue weighted by Gasteiger charge is -2.09. The minimum atomic E-state index is -0.484. The number of hydrogen-bond donors (Lipinski definition) is 1. The van der Waals surface area contributed by atoms with Crippen molar-refractivity contribution in [3.63, 3.8) is 0 Å². The van der Waals surface area contributed by atoms with Crippen LogP contribution < -0.4 is 0 Å². The summed E-state index contributed by atoms with van der Waals surface area (Å²) in [5.41, 5.74) is 2.19. The number of rotatable bonds is 4. The largest absolute Gasteiger partial charge is 0.493 e. The number of hydrogen-bond acceptors (Lipinski definition) is 3. The Morgan fingerprint density at radius 2 is 1.69 bits per heavy atom. The zero-order valence-electron chi connectivity index (χ0n) is 15.1. The zero-order chi connectivity index (χ0) is 20.4. The van der Waals surface area contributed by atoms with Gasteiger partial charge in [-0.1, -0.05) is 65.7 Å². The third-order valence-corrected chi connectivity index (χ3v) is 5.11. The predicted molar refractivity (Wildman–Crippen MR) is 114 cm³/mol. The second-order valence-electron chi connectivity index (χ2n) is 6.38. The van der Waals surface area contributed by atoms with Gasteiger partial charge in [-0.3, -0.25) is 4.79 Å². The van der Waals surface area contributed by atoms with Gasteiger partial charge in [0.1, 0.15) is 0 Å². The van der Waals surface area contributed by atoms with Gasteiger partial charge in [-0.25, -0.2) is 0 Å². The topological polar surface area (TPSA) is 66.9 Å². The molecule has 4 rings (SSSR count). The third kappa shape index (κ3) is 3.88. The van der Waals surface area contributed by atoms with Crippen molar-refractivity contribution in [2.45, 2.75) is 6.54 Å². The third-order valence-electron chi connectivity index (χ3n) is 4.52. The molecule has 0 saturated carbocycles. The van der Waals surface area contributed by atoms with Crippen molar-refractivity contribution in [2.75, 3.05) is 0 Å². The van der Waals surface area contributed by atoms with Gasteiger partial charge in [-0.2, -0.15) is 0 Å². The summed E-state index contributed by atoms with van der Waals surface area (Å²) in [6.07, 6.45) is 0. The Labute approximate surface area is 176 Å². The van der Waals surface area contributed by atoms with Crippen molar-refractivity contribution in [1.82, 2.24) is 4.57 Å². The summed E-state index contributed by atoms with van der Waals surface area (Å²) in [5, 5.41) is 20.4. The maximum absolute atomic E-state index is 12.3. The second kappa shape index (κ2) is 8.07. The molecule has 1 amide bonds. The van der Waals surface area contributed by atoms with Crippen molar-refractivity contribution in [2.24, 2.45) is 10.2 Å². The maximum Gasteiger partial charge on any atom is 0.295 e. The van der Waals surface area contributed by atoms with E-state index >= 15 is 0 Å². The normalized spacial score (nSPS) is 11.4. The lowest BCUT2D eigenvalue weighted by Crippen LogP contribution is -1.99. The summed E-state index contributed by atoms with van der Waals surface area (Å²) in [5.74, 6) is -0.579. The van der Waals surface area contributed by atoms with E-state index in [2.05, 4.69) is 10.2 Å². The number of amides is 1. The van der Waals surface area contributed by atoms with E-state index < -0.39 is 5.91 Å². The number of carbonyl (C=O) groups is 1. The van der Waals surface area contributed by atoms with E-state index in [0.717, 1.165) is 11.1 Å². The van der Waals surface area contributed by atoms with Crippen LogP contribution in [0.5, 0.6) is 5.88 Å². The van der Waals surface area contributed by atoms with Gasteiger partial charge in [0.2, 0.25) is 5.88 Å². The predicted octanol–water partition coefficient (Wildman–Crippen LogP) is 6.63. The number of fused-ring (bicyclic) bond motifs is 1. The van der Waals surface area contributed by atoms with E-state index in [-0.39, 0.29) is 11.6 Å². The van der Waals surface area contributed by atoms with E-state index in [0.29, 0.717) is 27.5 Å². The summed E-state index contributed by atoms with van der Waals surface area (Å²) in [7, 11) is 0. The monoisotopic (exact) mass is 423 g/mol. The Morgan fingerprint density at radius 1 is 0.966 bits per heavy atom. The van der Waals surface area contributed by atoms with Crippen LogP contribution in [0.3, 0.4) is 0 Å². The number of benzene rings is 3. The molecule has 4 aromatic rings. The van der Waals surface area contributed by atoms with E-state index in [1.807, 2.05) is 30.3 Å². The van der Waals surface area contributed by atoms with Crippen molar-refractivity contribution in [1.29, 1.82) is 0 Å². The Morgan fingerprint density at radius 3 is 2.45 bits per heavy atom. The Bertz CT molecular complexity index is 1230. The molecular formula is C22H15Cl2N3O2. The van der Waals surface area contributed by atoms with E-state index in [9.17, 15) is 9.90 Å². The molecule has 1 heterocycles. The van der Waals surface area contributed by atoms with Gasteiger partial charge in [0.15, 0.2) is 5.69 Å². The van der Waals surface area contributed by atoms with Gasteiger partial charge in [0.05, 0.1) is 12.1 Å². The number of aromatic nitrogens is 1. The van der Waals surface area contributed by atoms with Gasteiger partial charge < -0.3 is 9.67 Å². The quantitative estimate of drug-likeness (QED) is 0.374. The molecule has 0 fully saturated rings. The van der Waals surface area contributed by atoms with Crippen LogP contribution in [0.4, 0.5) is 5.69 Å². The molecule has 5 nitrogen and oxygen atoms in total. The minimum absolute atomic E-state index is 0.0955. The van der Waals surface area contributed by atoms with Crippen LogP contribution in [-0.2, 0) is 6.54 Å². The number of carbonyl (C=O) groups excluding carboxylic acids is 1. The van der Waals surface area contributed by atoms with Crippen LogP contribution in [-0.4, -0.2) is 15.6 Å². The van der Waals surface area contributed by atoms with Crippen LogP contribution in [0.25, 0.3) is 10.9 Å². The van der Waals surface area contributed by atoms with Crippen LogP contribution in [0, 0.1) is 0 Å².